The molecule has 1 aliphatic rings. The summed E-state index contributed by atoms with van der Waals surface area (Å²) >= 11 is 0. The van der Waals surface area contributed by atoms with E-state index in [2.05, 4.69) is 0 Å². The van der Waals surface area contributed by atoms with Gasteiger partial charge in [0, 0.05) is 0 Å². The molecule has 1 heterocycles. The second-order valence-corrected chi connectivity index (χ2v) is 11.8. The molecule has 7 nitrogen and oxygen atoms in total. The molecular weight excluding hydrogens is 474 g/mol. The first kappa shape index (κ1) is 24.6. The second kappa shape index (κ2) is 9.97. The molecule has 0 spiro atoms. The van der Waals surface area contributed by atoms with Crippen LogP contribution >= 0.6 is 0 Å². The van der Waals surface area contributed by atoms with Crippen molar-refractivity contribution >= 4 is 20.1 Å². The monoisotopic (exact) mass is 501 g/mol. The van der Waals surface area contributed by atoms with Gasteiger partial charge in [0.25, 0.3) is 10.1 Å². The molecule has 1 aliphatic heterocycles. The number of hydrogen-bond acceptors (Lipinski definition) is 6. The van der Waals surface area contributed by atoms with Crippen LogP contribution in [0.1, 0.15) is 16.7 Å². The number of ether oxygens (including phenoxy) is 1. The first-order valence-corrected chi connectivity index (χ1v) is 13.7. The van der Waals surface area contributed by atoms with Crippen LogP contribution in [0.4, 0.5) is 0 Å². The SMILES string of the molecule is Cc1ccc(S(=O)(=O)OCC2C(COCc3ccccc3)N2S(=O)(=O)c2ccc(C)cc2)cc1. The molecule has 0 aliphatic carbocycles. The summed E-state index contributed by atoms with van der Waals surface area (Å²) in [7, 11) is -7.86. The maximum Gasteiger partial charge on any atom is 0.297 e. The minimum atomic E-state index is -4.02. The van der Waals surface area contributed by atoms with Gasteiger partial charge in [-0.25, -0.2) is 8.42 Å². The number of hydrogen-bond donors (Lipinski definition) is 0. The van der Waals surface area contributed by atoms with Crippen LogP contribution < -0.4 is 0 Å². The number of nitrogens with zero attached hydrogens (tertiary/aromatic N) is 1. The Morgan fingerprint density at radius 3 is 1.82 bits per heavy atom. The first-order valence-electron chi connectivity index (χ1n) is 10.9. The molecule has 3 unspecified atom stereocenters. The van der Waals surface area contributed by atoms with Gasteiger partial charge in [-0.3, -0.25) is 4.18 Å². The van der Waals surface area contributed by atoms with E-state index in [-0.39, 0.29) is 23.0 Å². The molecule has 1 fully saturated rings. The van der Waals surface area contributed by atoms with Crippen molar-refractivity contribution in [2.75, 3.05) is 13.2 Å². The van der Waals surface area contributed by atoms with Gasteiger partial charge >= 0.3 is 0 Å². The molecule has 0 radical (unpaired) electrons. The summed E-state index contributed by atoms with van der Waals surface area (Å²) in [6, 6.07) is 21.2. The van der Waals surface area contributed by atoms with Crippen molar-refractivity contribution in [2.24, 2.45) is 0 Å². The summed E-state index contributed by atoms with van der Waals surface area (Å²) in [6.45, 7) is 3.89. The van der Waals surface area contributed by atoms with Crippen LogP contribution in [0.2, 0.25) is 0 Å². The van der Waals surface area contributed by atoms with Crippen molar-refractivity contribution in [3.05, 3.63) is 95.6 Å². The number of aryl methyl sites for hydroxylation is 2. The van der Waals surface area contributed by atoms with Gasteiger partial charge < -0.3 is 4.74 Å². The van der Waals surface area contributed by atoms with E-state index < -0.39 is 32.2 Å². The van der Waals surface area contributed by atoms with Gasteiger partial charge in [-0.2, -0.15) is 12.7 Å². The van der Waals surface area contributed by atoms with Crippen molar-refractivity contribution in [1.82, 2.24) is 4.31 Å². The molecular formula is C25H27NO6S2. The zero-order valence-corrected chi connectivity index (χ0v) is 20.6. The van der Waals surface area contributed by atoms with E-state index in [1.807, 2.05) is 44.2 Å². The molecule has 180 valence electrons. The average Bonchev–Trinajstić information content (AvgIpc) is 3.53. The molecule has 3 aromatic carbocycles. The van der Waals surface area contributed by atoms with Crippen LogP contribution in [0.5, 0.6) is 0 Å². The van der Waals surface area contributed by atoms with Gasteiger partial charge in [-0.15, -0.1) is 0 Å². The lowest BCUT2D eigenvalue weighted by atomic mass is 10.2. The maximum atomic E-state index is 13.3. The van der Waals surface area contributed by atoms with Crippen molar-refractivity contribution in [3.63, 3.8) is 0 Å². The van der Waals surface area contributed by atoms with Crippen molar-refractivity contribution in [1.29, 1.82) is 0 Å². The second-order valence-electron chi connectivity index (χ2n) is 8.34. The van der Waals surface area contributed by atoms with Crippen molar-refractivity contribution in [3.8, 4) is 0 Å². The van der Waals surface area contributed by atoms with E-state index in [0.717, 1.165) is 16.7 Å². The normalized spacial score (nSPS) is 20.2. The van der Waals surface area contributed by atoms with Crippen LogP contribution in [-0.4, -0.2) is 46.4 Å². The third-order valence-electron chi connectivity index (χ3n) is 5.71. The minimum Gasteiger partial charge on any atom is -0.375 e. The van der Waals surface area contributed by atoms with E-state index in [9.17, 15) is 16.8 Å². The molecule has 0 saturated carbocycles. The van der Waals surface area contributed by atoms with Crippen LogP contribution in [0.3, 0.4) is 0 Å². The van der Waals surface area contributed by atoms with Crippen LogP contribution in [0.25, 0.3) is 0 Å². The average molecular weight is 502 g/mol. The number of sulfonamides is 1. The lowest BCUT2D eigenvalue weighted by molar-refractivity contribution is 0.117. The van der Waals surface area contributed by atoms with Crippen LogP contribution in [0, 0.1) is 13.8 Å². The Bertz CT molecular complexity index is 1320. The molecule has 0 N–H and O–H groups in total. The summed E-state index contributed by atoms with van der Waals surface area (Å²) in [6.07, 6.45) is 0. The van der Waals surface area contributed by atoms with E-state index in [4.69, 9.17) is 8.92 Å². The smallest absolute Gasteiger partial charge is 0.297 e. The molecule has 0 amide bonds. The Labute approximate surface area is 201 Å². The van der Waals surface area contributed by atoms with Crippen LogP contribution in [0.15, 0.2) is 88.7 Å². The fraction of sp³-hybridized carbons (Fsp3) is 0.280. The third kappa shape index (κ3) is 5.56. The highest BCUT2D eigenvalue weighted by Crippen LogP contribution is 2.37. The fourth-order valence-electron chi connectivity index (χ4n) is 3.67. The summed E-state index contributed by atoms with van der Waals surface area (Å²) in [5, 5.41) is 0. The largest absolute Gasteiger partial charge is 0.375 e. The minimum absolute atomic E-state index is 0.0311. The first-order chi connectivity index (χ1) is 16.2. The lowest BCUT2D eigenvalue weighted by Gasteiger charge is -2.08. The summed E-state index contributed by atoms with van der Waals surface area (Å²) < 4.78 is 64.1. The van der Waals surface area contributed by atoms with Gasteiger partial charge in [-0.05, 0) is 43.7 Å². The zero-order chi connectivity index (χ0) is 24.3. The summed E-state index contributed by atoms with van der Waals surface area (Å²) in [5.74, 6) is 0. The van der Waals surface area contributed by atoms with Crippen molar-refractivity contribution in [2.45, 2.75) is 42.3 Å². The summed E-state index contributed by atoms with van der Waals surface area (Å²) in [4.78, 5) is 0.179. The highest BCUT2D eigenvalue weighted by molar-refractivity contribution is 7.89. The Morgan fingerprint density at radius 2 is 1.24 bits per heavy atom. The van der Waals surface area contributed by atoms with Crippen LogP contribution in [-0.2, 0) is 35.7 Å². The van der Waals surface area contributed by atoms with Gasteiger partial charge in [-0.1, -0.05) is 65.7 Å². The lowest BCUT2D eigenvalue weighted by Crippen LogP contribution is -2.19. The molecule has 4 rings (SSSR count). The predicted molar refractivity (Wildman–Crippen MR) is 128 cm³/mol. The molecule has 0 bridgehead atoms. The van der Waals surface area contributed by atoms with E-state index >= 15 is 0 Å². The molecule has 1 saturated heterocycles. The standard InChI is InChI=1S/C25H27NO6S2/c1-19-8-12-22(13-9-19)33(27,28)26-24(17-31-16-21-6-4-3-5-7-21)25(26)18-32-34(29,30)23-14-10-20(2)11-15-23/h3-15,24-25H,16-18H2,1-2H3. The van der Waals surface area contributed by atoms with E-state index in [0.29, 0.717) is 6.61 Å². The van der Waals surface area contributed by atoms with E-state index in [1.54, 1.807) is 36.4 Å². The Hall–Kier alpha value is -2.56. The molecule has 0 aromatic heterocycles. The molecule has 3 aromatic rings. The summed E-state index contributed by atoms with van der Waals surface area (Å²) in [5.41, 5.74) is 2.83. The Kier molecular flexibility index (Phi) is 7.20. The quantitative estimate of drug-likeness (QED) is 0.311. The predicted octanol–water partition coefficient (Wildman–Crippen LogP) is 3.67. The van der Waals surface area contributed by atoms with Gasteiger partial charge in [0.1, 0.15) is 0 Å². The molecule has 34 heavy (non-hydrogen) atoms. The Balaban J connectivity index is 1.48. The van der Waals surface area contributed by atoms with E-state index in [1.165, 1.54) is 16.4 Å². The fourth-order valence-corrected chi connectivity index (χ4v) is 6.38. The highest BCUT2D eigenvalue weighted by atomic mass is 32.2. The third-order valence-corrected chi connectivity index (χ3v) is 8.97. The topological polar surface area (TPSA) is 89.8 Å². The van der Waals surface area contributed by atoms with Gasteiger partial charge in [0.05, 0.1) is 41.7 Å². The molecule has 9 heteroatoms. The molecule has 3 atom stereocenters. The van der Waals surface area contributed by atoms with Gasteiger partial charge in [0.2, 0.25) is 10.0 Å². The highest BCUT2D eigenvalue weighted by Gasteiger charge is 2.56. The maximum absolute atomic E-state index is 13.3. The number of benzene rings is 3. The van der Waals surface area contributed by atoms with Gasteiger partial charge in [0.15, 0.2) is 0 Å². The van der Waals surface area contributed by atoms with Crippen molar-refractivity contribution < 1.29 is 25.8 Å². The number of rotatable bonds is 10. The Morgan fingerprint density at radius 1 is 0.706 bits per heavy atom. The zero-order valence-electron chi connectivity index (χ0n) is 19.0.